The average Bonchev–Trinajstić information content (AvgIpc) is 2.15. The van der Waals surface area contributed by atoms with Gasteiger partial charge in [-0.05, 0) is 36.6 Å². The van der Waals surface area contributed by atoms with E-state index in [9.17, 15) is 5.11 Å². The molecule has 0 fully saturated rings. The van der Waals surface area contributed by atoms with Crippen LogP contribution in [0.5, 0.6) is 5.75 Å². The lowest BCUT2D eigenvalue weighted by atomic mass is 10.1. The van der Waals surface area contributed by atoms with Gasteiger partial charge in [-0.3, -0.25) is 0 Å². The molecule has 0 aliphatic carbocycles. The number of hydrogen-bond donors (Lipinski definition) is 2. The van der Waals surface area contributed by atoms with Crippen molar-refractivity contribution in [1.29, 1.82) is 0 Å². The topological polar surface area (TPSA) is 32.3 Å². The maximum absolute atomic E-state index is 9.30. The maximum Gasteiger partial charge on any atom is 0.116 e. The van der Waals surface area contributed by atoms with Crippen molar-refractivity contribution in [2.24, 2.45) is 0 Å². The summed E-state index contributed by atoms with van der Waals surface area (Å²) < 4.78 is 0. The minimum Gasteiger partial charge on any atom is -0.508 e. The van der Waals surface area contributed by atoms with E-state index < -0.39 is 0 Å². The molecule has 0 aliphatic rings. The number of benzene rings is 1. The van der Waals surface area contributed by atoms with Gasteiger partial charge in [0.15, 0.2) is 0 Å². The second-order valence-corrected chi connectivity index (χ2v) is 3.20. The van der Waals surface area contributed by atoms with Crippen LogP contribution in [-0.2, 0) is 6.42 Å². The molecule has 1 aromatic rings. The zero-order valence-corrected chi connectivity index (χ0v) is 8.30. The zero-order valence-electron chi connectivity index (χ0n) is 8.30. The summed E-state index contributed by atoms with van der Waals surface area (Å²) in [6, 6.07) is 5.46. The smallest absolute Gasteiger partial charge is 0.116 e. The van der Waals surface area contributed by atoms with Gasteiger partial charge in [0.05, 0.1) is 0 Å². The van der Waals surface area contributed by atoms with Crippen molar-refractivity contribution in [1.82, 2.24) is 0 Å². The summed E-state index contributed by atoms with van der Waals surface area (Å²) in [7, 11) is 1.90. The van der Waals surface area contributed by atoms with Gasteiger partial charge >= 0.3 is 0 Å². The molecular weight excluding hydrogens is 162 g/mol. The van der Waals surface area contributed by atoms with Crippen LogP contribution in [0.4, 0.5) is 5.69 Å². The number of aromatic hydroxyl groups is 1. The lowest BCUT2D eigenvalue weighted by molar-refractivity contribution is 0.474. The summed E-state index contributed by atoms with van der Waals surface area (Å²) in [5.74, 6) is 0.352. The Kier molecular flexibility index (Phi) is 3.62. The first kappa shape index (κ1) is 9.90. The second kappa shape index (κ2) is 4.75. The van der Waals surface area contributed by atoms with Gasteiger partial charge in [-0.2, -0.15) is 0 Å². The first-order valence-corrected chi connectivity index (χ1v) is 4.77. The second-order valence-electron chi connectivity index (χ2n) is 3.20. The van der Waals surface area contributed by atoms with Gasteiger partial charge in [0.1, 0.15) is 5.75 Å². The number of aryl methyl sites for hydroxylation is 1. The third-order valence-electron chi connectivity index (χ3n) is 2.16. The summed E-state index contributed by atoms with van der Waals surface area (Å²) >= 11 is 0. The minimum atomic E-state index is 0.352. The van der Waals surface area contributed by atoms with Gasteiger partial charge in [-0.15, -0.1) is 0 Å². The molecule has 2 nitrogen and oxygen atoms in total. The first-order valence-electron chi connectivity index (χ1n) is 4.77. The Morgan fingerprint density at radius 1 is 1.38 bits per heavy atom. The molecular formula is C11H17NO. The molecule has 0 spiro atoms. The number of hydrogen-bond acceptors (Lipinski definition) is 2. The van der Waals surface area contributed by atoms with Crippen LogP contribution in [0, 0.1) is 0 Å². The van der Waals surface area contributed by atoms with E-state index in [0.29, 0.717) is 5.75 Å². The van der Waals surface area contributed by atoms with E-state index >= 15 is 0 Å². The number of anilines is 1. The quantitative estimate of drug-likeness (QED) is 0.696. The number of phenols is 1. The molecule has 2 N–H and O–H groups in total. The van der Waals surface area contributed by atoms with Crippen LogP contribution in [0.25, 0.3) is 0 Å². The van der Waals surface area contributed by atoms with Gasteiger partial charge in [-0.25, -0.2) is 0 Å². The summed E-state index contributed by atoms with van der Waals surface area (Å²) in [5, 5.41) is 12.4. The number of phenolic OH excluding ortho intramolecular Hbond substituents is 1. The molecule has 0 saturated carbocycles. The molecule has 0 radical (unpaired) electrons. The highest BCUT2D eigenvalue weighted by atomic mass is 16.3. The van der Waals surface area contributed by atoms with Crippen molar-refractivity contribution in [3.05, 3.63) is 23.8 Å². The van der Waals surface area contributed by atoms with Gasteiger partial charge in [0.25, 0.3) is 0 Å². The lowest BCUT2D eigenvalue weighted by Crippen LogP contribution is -1.95. The Morgan fingerprint density at radius 2 is 2.15 bits per heavy atom. The molecule has 1 aromatic carbocycles. The molecule has 0 unspecified atom stereocenters. The Hall–Kier alpha value is -1.18. The number of nitrogens with one attached hydrogen (secondary N) is 1. The molecule has 0 heterocycles. The fourth-order valence-corrected chi connectivity index (χ4v) is 1.40. The summed E-state index contributed by atoms with van der Waals surface area (Å²) in [6.45, 7) is 2.17. The first-order chi connectivity index (χ1) is 6.27. The third kappa shape index (κ3) is 2.65. The average molecular weight is 179 g/mol. The minimum absolute atomic E-state index is 0.352. The van der Waals surface area contributed by atoms with Crippen molar-refractivity contribution in [3.8, 4) is 5.75 Å². The lowest BCUT2D eigenvalue weighted by Gasteiger charge is -2.08. The van der Waals surface area contributed by atoms with E-state index in [1.807, 2.05) is 19.2 Å². The Morgan fingerprint density at radius 3 is 2.77 bits per heavy atom. The van der Waals surface area contributed by atoms with Gasteiger partial charge in [-0.1, -0.05) is 13.3 Å². The molecule has 0 bridgehead atoms. The Labute approximate surface area is 79.6 Å². The zero-order chi connectivity index (χ0) is 9.68. The van der Waals surface area contributed by atoms with Crippen molar-refractivity contribution < 1.29 is 5.11 Å². The standard InChI is InChI=1S/C11H17NO/c1-3-4-5-9-8-10(13)6-7-11(9)12-2/h6-8,12-13H,3-5H2,1-2H3. The van der Waals surface area contributed by atoms with Gasteiger partial charge < -0.3 is 10.4 Å². The predicted molar refractivity (Wildman–Crippen MR) is 56.3 cm³/mol. The Bertz CT molecular complexity index is 271. The van der Waals surface area contributed by atoms with Crippen LogP contribution in [-0.4, -0.2) is 12.2 Å². The van der Waals surface area contributed by atoms with Crippen molar-refractivity contribution in [2.45, 2.75) is 26.2 Å². The molecule has 0 saturated heterocycles. The molecule has 0 aromatic heterocycles. The van der Waals surface area contributed by atoms with Crippen LogP contribution >= 0.6 is 0 Å². The van der Waals surface area contributed by atoms with Crippen LogP contribution in [0.3, 0.4) is 0 Å². The number of unbranched alkanes of at least 4 members (excludes halogenated alkanes) is 1. The van der Waals surface area contributed by atoms with Crippen LogP contribution < -0.4 is 5.32 Å². The SMILES string of the molecule is CCCCc1cc(O)ccc1NC. The van der Waals surface area contributed by atoms with E-state index in [2.05, 4.69) is 12.2 Å². The summed E-state index contributed by atoms with van der Waals surface area (Å²) in [5.41, 5.74) is 2.32. The maximum atomic E-state index is 9.30. The molecule has 1 rings (SSSR count). The molecule has 13 heavy (non-hydrogen) atoms. The van der Waals surface area contributed by atoms with Gasteiger partial charge in [0, 0.05) is 12.7 Å². The van der Waals surface area contributed by atoms with Crippen molar-refractivity contribution in [3.63, 3.8) is 0 Å². The van der Waals surface area contributed by atoms with E-state index in [1.165, 1.54) is 12.0 Å². The highest BCUT2D eigenvalue weighted by Crippen LogP contribution is 2.22. The largest absolute Gasteiger partial charge is 0.508 e. The number of rotatable bonds is 4. The molecule has 2 heteroatoms. The highest BCUT2D eigenvalue weighted by molar-refractivity contribution is 5.53. The van der Waals surface area contributed by atoms with Crippen LogP contribution in [0.1, 0.15) is 25.3 Å². The normalized spacial score (nSPS) is 10.0. The van der Waals surface area contributed by atoms with E-state index in [1.54, 1.807) is 6.07 Å². The molecule has 0 aliphatic heterocycles. The van der Waals surface area contributed by atoms with E-state index in [0.717, 1.165) is 18.5 Å². The van der Waals surface area contributed by atoms with Crippen molar-refractivity contribution in [2.75, 3.05) is 12.4 Å². The fourth-order valence-electron chi connectivity index (χ4n) is 1.40. The van der Waals surface area contributed by atoms with Crippen LogP contribution in [0.15, 0.2) is 18.2 Å². The predicted octanol–water partition coefficient (Wildman–Crippen LogP) is 2.78. The third-order valence-corrected chi connectivity index (χ3v) is 2.16. The van der Waals surface area contributed by atoms with Gasteiger partial charge in [0.2, 0.25) is 0 Å². The summed E-state index contributed by atoms with van der Waals surface area (Å²) in [4.78, 5) is 0. The highest BCUT2D eigenvalue weighted by Gasteiger charge is 2.01. The Balaban J connectivity index is 2.81. The summed E-state index contributed by atoms with van der Waals surface area (Å²) in [6.07, 6.45) is 3.37. The fraction of sp³-hybridized carbons (Fsp3) is 0.455. The van der Waals surface area contributed by atoms with E-state index in [-0.39, 0.29) is 0 Å². The monoisotopic (exact) mass is 179 g/mol. The van der Waals surface area contributed by atoms with E-state index in [4.69, 9.17) is 0 Å². The molecule has 0 atom stereocenters. The molecule has 0 amide bonds. The van der Waals surface area contributed by atoms with Crippen molar-refractivity contribution >= 4 is 5.69 Å². The molecule has 72 valence electrons. The van der Waals surface area contributed by atoms with Crippen LogP contribution in [0.2, 0.25) is 0 Å².